The maximum Gasteiger partial charge on any atom is 0.364 e. The van der Waals surface area contributed by atoms with Crippen molar-refractivity contribution in [3.8, 4) is 0 Å². The van der Waals surface area contributed by atoms with Crippen LogP contribution in [0.4, 0.5) is 0 Å². The molecule has 322 valence electrons. The maximum atomic E-state index is 12.7. The number of hydrogen-bond acceptors (Lipinski definition) is 18. The number of hydrogen-bond donors (Lipinski definition) is 12. The lowest BCUT2D eigenvalue weighted by Crippen LogP contribution is -2.70. The minimum absolute atomic E-state index is 0.193. The summed E-state index contributed by atoms with van der Waals surface area (Å²) in [5.41, 5.74) is 0. The van der Waals surface area contributed by atoms with Crippen LogP contribution >= 0.6 is 0 Å². The average molecular weight is 802 g/mol. The molecule has 20 heteroatoms. The summed E-state index contributed by atoms with van der Waals surface area (Å²) in [6.45, 7) is 0.672. The summed E-state index contributed by atoms with van der Waals surface area (Å²) >= 11 is 0. The fraction of sp³-hybridized carbons (Fsp3) is 0.943. The molecule has 0 saturated carbocycles. The molecule has 0 aromatic heterocycles. The molecule has 3 aliphatic rings. The van der Waals surface area contributed by atoms with Gasteiger partial charge in [-0.15, -0.1) is 0 Å². The van der Waals surface area contributed by atoms with E-state index in [2.05, 4.69) is 12.2 Å². The minimum atomic E-state index is -3.01. The third kappa shape index (κ3) is 12.6. The molecule has 0 spiro atoms. The molecular formula is C35H63NO19. The van der Waals surface area contributed by atoms with Crippen LogP contribution in [-0.2, 0) is 38.0 Å². The fourth-order valence-corrected chi connectivity index (χ4v) is 7.08. The predicted molar refractivity (Wildman–Crippen MR) is 186 cm³/mol. The number of aliphatic hydroxyl groups is 10. The van der Waals surface area contributed by atoms with Crippen LogP contribution in [0.3, 0.4) is 0 Å². The molecule has 0 radical (unpaired) electrons. The van der Waals surface area contributed by atoms with Crippen LogP contribution in [0.5, 0.6) is 0 Å². The SMILES string of the molecule is CCCCCCCCCCCCO[C@@H]1O[C@H](CO)[C@@H](O[C@@H]2O[C@H](CO)[C@H](O)[C@H](O[C@]3(C(=O)O)C[C@H](O)[C@@H](NC(C)=O)[C@H]([C@H](O)[C@H](O)CO)O3)[C@H]2O)[C@H](O)[C@H]1O. The minimum Gasteiger partial charge on any atom is -0.477 e. The van der Waals surface area contributed by atoms with E-state index in [4.69, 9.17) is 28.4 Å². The molecule has 1 amide bonds. The van der Waals surface area contributed by atoms with E-state index in [-0.39, 0.29) is 6.61 Å². The number of carbonyl (C=O) groups is 2. The zero-order valence-corrected chi connectivity index (χ0v) is 31.5. The summed E-state index contributed by atoms with van der Waals surface area (Å²) in [5.74, 6) is -5.70. The standard InChI is InChI=1S/C35H63NO19/c1-3-4-5-6-7-8-9-10-11-12-13-50-32-27(46)26(45)29(22(17-39)52-32)53-33-28(47)31(25(44)21(16-38)51-33)55-35(34(48)49)14-19(41)23(36-18(2)40)30(54-35)24(43)20(42)15-37/h19-33,37-39,41-47H,3-17H2,1-2H3,(H,36,40)(H,48,49)/t19-,20+,21+,22+,23+,24+,25-,26+,27+,28+,29+,30+,31-,32+,33-,35-/m0/s1. The Balaban J connectivity index is 1.70. The van der Waals surface area contributed by atoms with Crippen molar-refractivity contribution in [1.29, 1.82) is 0 Å². The van der Waals surface area contributed by atoms with Gasteiger partial charge in [-0.2, -0.15) is 0 Å². The summed E-state index contributed by atoms with van der Waals surface area (Å²) in [6.07, 6.45) is -15.6. The second-order valence-corrected chi connectivity index (χ2v) is 14.5. The number of rotatable bonds is 23. The van der Waals surface area contributed by atoms with E-state index in [1.807, 2.05) is 0 Å². The van der Waals surface area contributed by atoms with Gasteiger partial charge in [-0.1, -0.05) is 64.7 Å². The molecule has 0 bridgehead atoms. The van der Waals surface area contributed by atoms with E-state index in [0.717, 1.165) is 32.6 Å². The number of aliphatic carboxylic acids is 1. The molecule has 0 aromatic rings. The molecule has 55 heavy (non-hydrogen) atoms. The Bertz CT molecular complexity index is 1140. The molecule has 12 N–H and O–H groups in total. The fourth-order valence-electron chi connectivity index (χ4n) is 7.08. The molecule has 3 rings (SSSR count). The second-order valence-electron chi connectivity index (χ2n) is 14.5. The third-order valence-electron chi connectivity index (χ3n) is 10.2. The lowest BCUT2D eigenvalue weighted by atomic mass is 9.88. The third-order valence-corrected chi connectivity index (χ3v) is 10.2. The lowest BCUT2D eigenvalue weighted by Gasteiger charge is -2.50. The molecule has 0 aromatic carbocycles. The van der Waals surface area contributed by atoms with Crippen LogP contribution in [0.15, 0.2) is 0 Å². The molecule has 20 nitrogen and oxygen atoms in total. The first-order valence-corrected chi connectivity index (χ1v) is 19.2. The molecular weight excluding hydrogens is 738 g/mol. The molecule has 3 aliphatic heterocycles. The first-order valence-electron chi connectivity index (χ1n) is 19.2. The van der Waals surface area contributed by atoms with E-state index >= 15 is 0 Å². The van der Waals surface area contributed by atoms with Crippen LogP contribution in [-0.4, -0.2) is 192 Å². The largest absolute Gasteiger partial charge is 0.477 e. The number of carbonyl (C=O) groups excluding carboxylic acids is 1. The van der Waals surface area contributed by atoms with Crippen LogP contribution in [0, 0.1) is 0 Å². The van der Waals surface area contributed by atoms with E-state index < -0.39 is 136 Å². The summed E-state index contributed by atoms with van der Waals surface area (Å²) in [5, 5.41) is 118. The van der Waals surface area contributed by atoms with Gasteiger partial charge in [-0.05, 0) is 6.42 Å². The first-order chi connectivity index (χ1) is 26.2. The Kier molecular flexibility index (Phi) is 20.0. The van der Waals surface area contributed by atoms with Crippen molar-refractivity contribution in [2.24, 2.45) is 0 Å². The highest BCUT2D eigenvalue weighted by Gasteiger charge is 2.60. The van der Waals surface area contributed by atoms with Crippen LogP contribution in [0.25, 0.3) is 0 Å². The number of unbranched alkanes of at least 4 members (excludes halogenated alkanes) is 9. The van der Waals surface area contributed by atoms with Gasteiger partial charge in [-0.3, -0.25) is 4.79 Å². The maximum absolute atomic E-state index is 12.7. The van der Waals surface area contributed by atoms with Crippen molar-refractivity contribution in [3.63, 3.8) is 0 Å². The Morgan fingerprint density at radius 2 is 1.36 bits per heavy atom. The normalized spacial score (nSPS) is 38.0. The highest BCUT2D eigenvalue weighted by molar-refractivity contribution is 5.76. The zero-order valence-electron chi connectivity index (χ0n) is 31.5. The number of aliphatic hydroxyl groups excluding tert-OH is 10. The van der Waals surface area contributed by atoms with Gasteiger partial charge in [0.15, 0.2) is 12.6 Å². The molecule has 0 aliphatic carbocycles. The van der Waals surface area contributed by atoms with Gasteiger partial charge < -0.3 is 89.9 Å². The number of carboxylic acid groups (broad SMARTS) is 1. The Labute approximate surface area is 319 Å². The van der Waals surface area contributed by atoms with Gasteiger partial charge in [0.1, 0.15) is 67.1 Å². The van der Waals surface area contributed by atoms with Crippen LogP contribution < -0.4 is 5.32 Å². The first kappa shape index (κ1) is 47.7. The van der Waals surface area contributed by atoms with Crippen LogP contribution in [0.1, 0.15) is 84.5 Å². The topological polar surface area (TPSA) is 324 Å². The zero-order chi connectivity index (χ0) is 40.9. The van der Waals surface area contributed by atoms with Crippen molar-refractivity contribution in [2.75, 3.05) is 26.4 Å². The van der Waals surface area contributed by atoms with Crippen LogP contribution in [0.2, 0.25) is 0 Å². The monoisotopic (exact) mass is 801 g/mol. The van der Waals surface area contributed by atoms with Crippen molar-refractivity contribution in [2.45, 2.75) is 182 Å². The van der Waals surface area contributed by atoms with E-state index in [1.165, 1.54) is 32.1 Å². The average Bonchev–Trinajstić information content (AvgIpc) is 3.15. The molecule has 3 saturated heterocycles. The number of carboxylic acids is 1. The second kappa shape index (κ2) is 23.0. The quantitative estimate of drug-likeness (QED) is 0.0451. The van der Waals surface area contributed by atoms with E-state index in [9.17, 15) is 65.8 Å². The Morgan fingerprint density at radius 1 is 0.782 bits per heavy atom. The van der Waals surface area contributed by atoms with Crippen molar-refractivity contribution in [1.82, 2.24) is 5.32 Å². The highest BCUT2D eigenvalue weighted by Crippen LogP contribution is 2.38. The Hall–Kier alpha value is -1.70. The van der Waals surface area contributed by atoms with Gasteiger partial charge in [-0.25, -0.2) is 4.79 Å². The highest BCUT2D eigenvalue weighted by atomic mass is 16.8. The van der Waals surface area contributed by atoms with Gasteiger partial charge in [0.05, 0.1) is 32.0 Å². The summed E-state index contributed by atoms with van der Waals surface area (Å²) in [4.78, 5) is 24.6. The Morgan fingerprint density at radius 3 is 1.91 bits per heavy atom. The summed E-state index contributed by atoms with van der Waals surface area (Å²) in [6, 6.07) is -1.53. The van der Waals surface area contributed by atoms with Gasteiger partial charge >= 0.3 is 5.97 Å². The van der Waals surface area contributed by atoms with Crippen molar-refractivity contribution < 1.29 is 94.2 Å². The van der Waals surface area contributed by atoms with E-state index in [1.54, 1.807) is 0 Å². The smallest absolute Gasteiger partial charge is 0.364 e. The number of nitrogens with one attached hydrogen (secondary N) is 1. The van der Waals surface area contributed by atoms with E-state index in [0.29, 0.717) is 6.42 Å². The number of amides is 1. The predicted octanol–water partition coefficient (Wildman–Crippen LogP) is -3.28. The van der Waals surface area contributed by atoms with Gasteiger partial charge in [0.25, 0.3) is 5.79 Å². The van der Waals surface area contributed by atoms with Gasteiger partial charge in [0.2, 0.25) is 5.91 Å². The lowest BCUT2D eigenvalue weighted by molar-refractivity contribution is -0.386. The number of ether oxygens (including phenoxy) is 6. The molecule has 3 fully saturated rings. The van der Waals surface area contributed by atoms with Crippen molar-refractivity contribution >= 4 is 11.9 Å². The summed E-state index contributed by atoms with van der Waals surface area (Å²) < 4.78 is 33.9. The van der Waals surface area contributed by atoms with Crippen molar-refractivity contribution in [3.05, 3.63) is 0 Å². The van der Waals surface area contributed by atoms with Gasteiger partial charge in [0, 0.05) is 20.0 Å². The molecule has 0 unspecified atom stereocenters. The molecule has 3 heterocycles. The molecule has 16 atom stereocenters. The summed E-state index contributed by atoms with van der Waals surface area (Å²) in [7, 11) is 0.